The number of ketones is 1. The molecule has 0 spiro atoms. The van der Waals surface area contributed by atoms with E-state index in [0.29, 0.717) is 23.2 Å². The van der Waals surface area contributed by atoms with E-state index in [-0.39, 0.29) is 16.2 Å². The van der Waals surface area contributed by atoms with Crippen molar-refractivity contribution in [2.75, 3.05) is 6.26 Å². The number of nitrogens with zero attached hydrogens (tertiary/aromatic N) is 1. The average molecular weight is 331 g/mol. The van der Waals surface area contributed by atoms with Crippen LogP contribution in [-0.4, -0.2) is 25.0 Å². The van der Waals surface area contributed by atoms with Gasteiger partial charge in [0.25, 0.3) is 5.56 Å². The number of sulfone groups is 1. The Labute approximate surface area is 134 Å². The molecule has 0 aliphatic carbocycles. The van der Waals surface area contributed by atoms with E-state index >= 15 is 0 Å². The Balaban J connectivity index is 2.19. The molecular formula is C17H17NO4S. The molecule has 5 nitrogen and oxygen atoms in total. The number of hydrogen-bond donors (Lipinski definition) is 0. The van der Waals surface area contributed by atoms with E-state index in [1.807, 2.05) is 0 Å². The minimum absolute atomic E-state index is 0.0651. The number of Topliss-reactive ketones (excluding diaryl/α,β-unsaturated/α-hetero) is 1. The van der Waals surface area contributed by atoms with Gasteiger partial charge in [-0.2, -0.15) is 0 Å². The minimum Gasteiger partial charge on any atom is -0.311 e. The van der Waals surface area contributed by atoms with Gasteiger partial charge >= 0.3 is 0 Å². The minimum atomic E-state index is -3.28. The number of fused-ring (bicyclic) bond motifs is 1. The topological polar surface area (TPSA) is 73.2 Å². The van der Waals surface area contributed by atoms with Crippen molar-refractivity contribution in [1.82, 2.24) is 4.57 Å². The predicted molar refractivity (Wildman–Crippen MR) is 87.6 cm³/mol. The van der Waals surface area contributed by atoms with Crippen LogP contribution in [0.4, 0.5) is 0 Å². The summed E-state index contributed by atoms with van der Waals surface area (Å²) in [7, 11) is -3.28. The van der Waals surface area contributed by atoms with Crippen LogP contribution in [0.15, 0.2) is 40.0 Å². The molecule has 0 fully saturated rings. The monoisotopic (exact) mass is 331 g/mol. The van der Waals surface area contributed by atoms with Crippen LogP contribution in [0.5, 0.6) is 0 Å². The highest BCUT2D eigenvalue weighted by Crippen LogP contribution is 2.24. The smallest absolute Gasteiger partial charge is 0.258 e. The fourth-order valence-corrected chi connectivity index (χ4v) is 3.64. The first-order valence-electron chi connectivity index (χ1n) is 7.37. The molecule has 0 N–H and O–H groups in total. The number of benzene rings is 1. The van der Waals surface area contributed by atoms with E-state index in [1.54, 1.807) is 22.8 Å². The fraction of sp³-hybridized carbons (Fsp3) is 0.294. The standard InChI is InChI=1S/C17H17NO4S/c1-11(19)14-10-15(17(20)18-9-3-4-16(14)18)12-5-7-13(8-6-12)23(2,21)22/h5-8,10H,3-4,9H2,1-2H3. The Bertz CT molecular complexity index is 953. The SMILES string of the molecule is CC(=O)c1cc(-c2ccc(S(C)(=O)=O)cc2)c(=O)n2c1CCC2. The number of pyridine rings is 1. The molecule has 0 unspecified atom stereocenters. The Hall–Kier alpha value is -2.21. The molecule has 0 bridgehead atoms. The summed E-state index contributed by atoms with van der Waals surface area (Å²) in [6, 6.07) is 7.82. The summed E-state index contributed by atoms with van der Waals surface area (Å²) >= 11 is 0. The summed E-state index contributed by atoms with van der Waals surface area (Å²) in [6.07, 6.45) is 2.73. The quantitative estimate of drug-likeness (QED) is 0.807. The molecule has 3 rings (SSSR count). The lowest BCUT2D eigenvalue weighted by Gasteiger charge is -2.11. The van der Waals surface area contributed by atoms with Crippen molar-refractivity contribution in [2.24, 2.45) is 0 Å². The molecule has 0 amide bonds. The second-order valence-electron chi connectivity index (χ2n) is 5.83. The van der Waals surface area contributed by atoms with E-state index in [1.165, 1.54) is 19.1 Å². The van der Waals surface area contributed by atoms with Gasteiger partial charge in [-0.3, -0.25) is 9.59 Å². The molecule has 0 saturated carbocycles. The number of carbonyl (C=O) groups is 1. The number of aromatic nitrogens is 1. The van der Waals surface area contributed by atoms with E-state index < -0.39 is 9.84 Å². The molecule has 2 heterocycles. The van der Waals surface area contributed by atoms with Crippen LogP contribution in [0.25, 0.3) is 11.1 Å². The van der Waals surface area contributed by atoms with Gasteiger partial charge in [-0.15, -0.1) is 0 Å². The second-order valence-corrected chi connectivity index (χ2v) is 7.85. The highest BCUT2D eigenvalue weighted by molar-refractivity contribution is 7.90. The van der Waals surface area contributed by atoms with Crippen molar-refractivity contribution in [2.45, 2.75) is 31.2 Å². The van der Waals surface area contributed by atoms with E-state index in [0.717, 1.165) is 24.8 Å². The summed E-state index contributed by atoms with van der Waals surface area (Å²) in [5, 5.41) is 0. The van der Waals surface area contributed by atoms with Gasteiger partial charge in [0.2, 0.25) is 0 Å². The molecule has 23 heavy (non-hydrogen) atoms. The lowest BCUT2D eigenvalue weighted by molar-refractivity contribution is 0.101. The van der Waals surface area contributed by atoms with Gasteiger partial charge in [0.05, 0.1) is 4.90 Å². The van der Waals surface area contributed by atoms with Gasteiger partial charge in [0, 0.05) is 29.6 Å². The maximum atomic E-state index is 12.7. The van der Waals surface area contributed by atoms with Crippen molar-refractivity contribution in [3.05, 3.63) is 51.9 Å². The van der Waals surface area contributed by atoms with Crippen molar-refractivity contribution in [1.29, 1.82) is 0 Å². The molecule has 6 heteroatoms. The van der Waals surface area contributed by atoms with Crippen molar-refractivity contribution >= 4 is 15.6 Å². The largest absolute Gasteiger partial charge is 0.311 e. The summed E-state index contributed by atoms with van der Waals surface area (Å²) in [6.45, 7) is 2.11. The number of carbonyl (C=O) groups excluding carboxylic acids is 1. The molecule has 120 valence electrons. The van der Waals surface area contributed by atoms with Crippen LogP contribution in [0.2, 0.25) is 0 Å². The van der Waals surface area contributed by atoms with Gasteiger partial charge in [-0.05, 0) is 43.5 Å². The molecule has 0 saturated heterocycles. The van der Waals surface area contributed by atoms with E-state index in [4.69, 9.17) is 0 Å². The zero-order chi connectivity index (χ0) is 16.8. The van der Waals surface area contributed by atoms with Crippen LogP contribution in [0, 0.1) is 0 Å². The van der Waals surface area contributed by atoms with Crippen molar-refractivity contribution in [3.63, 3.8) is 0 Å². The van der Waals surface area contributed by atoms with Crippen LogP contribution >= 0.6 is 0 Å². The molecule has 2 aromatic rings. The maximum absolute atomic E-state index is 12.7. The van der Waals surface area contributed by atoms with Gasteiger partial charge in [0.1, 0.15) is 0 Å². The number of hydrogen-bond acceptors (Lipinski definition) is 4. The summed E-state index contributed by atoms with van der Waals surface area (Å²) in [5.41, 5.74) is 2.30. The summed E-state index contributed by atoms with van der Waals surface area (Å²) < 4.78 is 24.7. The van der Waals surface area contributed by atoms with Gasteiger partial charge in [-0.25, -0.2) is 8.42 Å². The molecule has 1 aliphatic rings. The zero-order valence-corrected chi connectivity index (χ0v) is 13.8. The lowest BCUT2D eigenvalue weighted by Crippen LogP contribution is -2.23. The Morgan fingerprint density at radius 3 is 2.39 bits per heavy atom. The third-order valence-electron chi connectivity index (χ3n) is 4.17. The average Bonchev–Trinajstić information content (AvgIpc) is 2.96. The van der Waals surface area contributed by atoms with Gasteiger partial charge in [0.15, 0.2) is 15.6 Å². The highest BCUT2D eigenvalue weighted by atomic mass is 32.2. The first kappa shape index (κ1) is 15.7. The van der Waals surface area contributed by atoms with Crippen LogP contribution in [0.3, 0.4) is 0 Å². The summed E-state index contributed by atoms with van der Waals surface area (Å²) in [5.74, 6) is -0.0651. The van der Waals surface area contributed by atoms with Crippen LogP contribution in [0.1, 0.15) is 29.4 Å². The molecule has 0 atom stereocenters. The fourth-order valence-electron chi connectivity index (χ4n) is 3.01. The third-order valence-corrected chi connectivity index (χ3v) is 5.30. The normalized spacial score (nSPS) is 13.8. The first-order valence-corrected chi connectivity index (χ1v) is 9.26. The lowest BCUT2D eigenvalue weighted by atomic mass is 10.0. The molecular weight excluding hydrogens is 314 g/mol. The molecule has 1 aromatic carbocycles. The highest BCUT2D eigenvalue weighted by Gasteiger charge is 2.21. The predicted octanol–water partition coefficient (Wildman–Crippen LogP) is 2.07. The number of rotatable bonds is 3. The van der Waals surface area contributed by atoms with Crippen LogP contribution < -0.4 is 5.56 Å². The van der Waals surface area contributed by atoms with Gasteiger partial charge in [-0.1, -0.05) is 12.1 Å². The third kappa shape index (κ3) is 2.74. The zero-order valence-electron chi connectivity index (χ0n) is 13.0. The van der Waals surface area contributed by atoms with Gasteiger partial charge < -0.3 is 4.57 Å². The van der Waals surface area contributed by atoms with E-state index in [9.17, 15) is 18.0 Å². The maximum Gasteiger partial charge on any atom is 0.258 e. The molecule has 1 aliphatic heterocycles. The van der Waals surface area contributed by atoms with Crippen LogP contribution in [-0.2, 0) is 22.8 Å². The Morgan fingerprint density at radius 2 is 1.83 bits per heavy atom. The Morgan fingerprint density at radius 1 is 1.17 bits per heavy atom. The Kier molecular flexibility index (Phi) is 3.72. The summed E-state index contributed by atoms with van der Waals surface area (Å²) in [4.78, 5) is 24.7. The second kappa shape index (κ2) is 5.45. The van der Waals surface area contributed by atoms with Crippen molar-refractivity contribution in [3.8, 4) is 11.1 Å². The van der Waals surface area contributed by atoms with E-state index in [2.05, 4.69) is 0 Å². The molecule has 1 aromatic heterocycles. The first-order chi connectivity index (χ1) is 10.8. The molecule has 0 radical (unpaired) electrons. The van der Waals surface area contributed by atoms with Crippen molar-refractivity contribution < 1.29 is 13.2 Å².